The third-order valence-electron chi connectivity index (χ3n) is 2.31. The van der Waals surface area contributed by atoms with Gasteiger partial charge < -0.3 is 9.64 Å². The molecule has 0 radical (unpaired) electrons. The number of halogens is 1. The minimum Gasteiger partial charge on any atom is -0.380 e. The summed E-state index contributed by atoms with van der Waals surface area (Å²) in [5.41, 5.74) is 0.607. The summed E-state index contributed by atoms with van der Waals surface area (Å²) in [7, 11) is 1.76. The number of nitrogens with zero attached hydrogens (tertiary/aromatic N) is 1. The van der Waals surface area contributed by atoms with Gasteiger partial charge in [-0.15, -0.1) is 12.6 Å². The van der Waals surface area contributed by atoms with Crippen LogP contribution in [0, 0.1) is 0 Å². The number of hydrogen-bond acceptors (Lipinski definition) is 3. The monoisotopic (exact) mass is 317 g/mol. The summed E-state index contributed by atoms with van der Waals surface area (Å²) >= 11 is 7.64. The molecule has 0 aliphatic heterocycles. The van der Waals surface area contributed by atoms with Crippen molar-refractivity contribution >= 4 is 34.5 Å². The number of ether oxygens (including phenoxy) is 1. The van der Waals surface area contributed by atoms with Gasteiger partial charge >= 0.3 is 0 Å². The molecule has 0 heterocycles. The van der Waals surface area contributed by atoms with Crippen molar-refractivity contribution in [3.05, 3.63) is 28.2 Å². The number of amides is 1. The highest BCUT2D eigenvalue weighted by atomic mass is 79.9. The fourth-order valence-corrected chi connectivity index (χ4v) is 2.19. The second kappa shape index (κ2) is 7.03. The quantitative estimate of drug-likeness (QED) is 0.668. The summed E-state index contributed by atoms with van der Waals surface area (Å²) in [5.74, 6) is -0.0396. The van der Waals surface area contributed by atoms with Crippen LogP contribution in [0.25, 0.3) is 0 Å². The van der Waals surface area contributed by atoms with Crippen molar-refractivity contribution in [2.45, 2.75) is 11.8 Å². The number of thiol groups is 1. The normalized spacial score (nSPS) is 10.4. The molecule has 0 atom stereocenters. The predicted octanol–water partition coefficient (Wildman–Crippen LogP) is 2.85. The molecular formula is C12H16BrNO2S. The first-order valence-corrected chi connectivity index (χ1v) is 6.62. The van der Waals surface area contributed by atoms with E-state index in [9.17, 15) is 4.79 Å². The van der Waals surface area contributed by atoms with Crippen LogP contribution in [-0.4, -0.2) is 37.6 Å². The van der Waals surface area contributed by atoms with Gasteiger partial charge in [0.1, 0.15) is 0 Å². The van der Waals surface area contributed by atoms with Crippen molar-refractivity contribution in [2.24, 2.45) is 0 Å². The molecule has 1 aromatic carbocycles. The van der Waals surface area contributed by atoms with E-state index in [0.717, 1.165) is 4.47 Å². The molecule has 17 heavy (non-hydrogen) atoms. The Bertz CT molecular complexity index is 398. The van der Waals surface area contributed by atoms with E-state index >= 15 is 0 Å². The zero-order chi connectivity index (χ0) is 12.8. The molecule has 0 saturated heterocycles. The summed E-state index contributed by atoms with van der Waals surface area (Å²) in [6.07, 6.45) is 0. The second-order valence-electron chi connectivity index (χ2n) is 3.59. The van der Waals surface area contributed by atoms with Crippen LogP contribution in [0.5, 0.6) is 0 Å². The number of rotatable bonds is 5. The van der Waals surface area contributed by atoms with E-state index in [0.29, 0.717) is 30.2 Å². The Balaban J connectivity index is 2.68. The van der Waals surface area contributed by atoms with E-state index in [2.05, 4.69) is 28.6 Å². The number of hydrogen-bond donors (Lipinski definition) is 1. The van der Waals surface area contributed by atoms with Gasteiger partial charge in [-0.1, -0.05) is 15.9 Å². The molecule has 1 rings (SSSR count). The van der Waals surface area contributed by atoms with Crippen molar-refractivity contribution in [3.8, 4) is 0 Å². The highest BCUT2D eigenvalue weighted by Crippen LogP contribution is 2.20. The molecule has 1 aromatic rings. The first-order valence-electron chi connectivity index (χ1n) is 5.38. The second-order valence-corrected chi connectivity index (χ2v) is 4.98. The molecule has 94 valence electrons. The van der Waals surface area contributed by atoms with Crippen LogP contribution in [0.1, 0.15) is 17.3 Å². The van der Waals surface area contributed by atoms with Crippen molar-refractivity contribution in [1.29, 1.82) is 0 Å². The first kappa shape index (κ1) is 14.5. The van der Waals surface area contributed by atoms with Crippen LogP contribution in [-0.2, 0) is 4.74 Å². The Morgan fingerprint density at radius 3 is 2.82 bits per heavy atom. The highest BCUT2D eigenvalue weighted by Gasteiger charge is 2.14. The predicted molar refractivity (Wildman–Crippen MR) is 74.8 cm³/mol. The lowest BCUT2D eigenvalue weighted by molar-refractivity contribution is 0.0707. The van der Waals surface area contributed by atoms with Crippen LogP contribution in [0.3, 0.4) is 0 Å². The number of likely N-dealkylation sites (N-methyl/N-ethyl adjacent to an activating group) is 1. The van der Waals surface area contributed by atoms with Gasteiger partial charge in [-0.05, 0) is 25.1 Å². The van der Waals surface area contributed by atoms with E-state index in [-0.39, 0.29) is 5.91 Å². The van der Waals surface area contributed by atoms with Crippen molar-refractivity contribution in [2.75, 3.05) is 26.8 Å². The fourth-order valence-electron chi connectivity index (χ4n) is 1.34. The molecule has 1 amide bonds. The molecule has 0 aromatic heterocycles. The molecule has 0 fully saturated rings. The standard InChI is InChI=1S/C12H16BrNO2S/c1-3-16-7-6-14(2)12(15)10-5-4-9(13)8-11(10)17/h4-5,8,17H,3,6-7H2,1-2H3. The lowest BCUT2D eigenvalue weighted by Gasteiger charge is -2.18. The lowest BCUT2D eigenvalue weighted by Crippen LogP contribution is -2.30. The van der Waals surface area contributed by atoms with E-state index in [1.54, 1.807) is 18.0 Å². The van der Waals surface area contributed by atoms with Crippen molar-refractivity contribution < 1.29 is 9.53 Å². The molecule has 3 nitrogen and oxygen atoms in total. The maximum Gasteiger partial charge on any atom is 0.254 e. The zero-order valence-corrected chi connectivity index (χ0v) is 12.4. The molecular weight excluding hydrogens is 302 g/mol. The Labute approximate surface area is 116 Å². The van der Waals surface area contributed by atoms with Gasteiger partial charge in [0.15, 0.2) is 0 Å². The Morgan fingerprint density at radius 2 is 2.24 bits per heavy atom. The molecule has 0 N–H and O–H groups in total. The average Bonchev–Trinajstić information content (AvgIpc) is 2.28. The number of carbonyl (C=O) groups is 1. The molecule has 0 aliphatic carbocycles. The Hall–Kier alpha value is -0.520. The van der Waals surface area contributed by atoms with Gasteiger partial charge in [-0.2, -0.15) is 0 Å². The van der Waals surface area contributed by atoms with Crippen molar-refractivity contribution in [1.82, 2.24) is 4.90 Å². The van der Waals surface area contributed by atoms with Gasteiger partial charge in [0, 0.05) is 29.6 Å². The molecule has 0 bridgehead atoms. The molecule has 0 aliphatic rings. The van der Waals surface area contributed by atoms with Crippen LogP contribution in [0.4, 0.5) is 0 Å². The van der Waals surface area contributed by atoms with Crippen LogP contribution >= 0.6 is 28.6 Å². The average molecular weight is 318 g/mol. The largest absolute Gasteiger partial charge is 0.380 e. The Kier molecular flexibility index (Phi) is 6.02. The third-order valence-corrected chi connectivity index (χ3v) is 3.18. The van der Waals surface area contributed by atoms with Crippen LogP contribution in [0.2, 0.25) is 0 Å². The lowest BCUT2D eigenvalue weighted by atomic mass is 10.2. The fraction of sp³-hybridized carbons (Fsp3) is 0.417. The summed E-state index contributed by atoms with van der Waals surface area (Å²) < 4.78 is 6.13. The van der Waals surface area contributed by atoms with Crippen LogP contribution < -0.4 is 0 Å². The van der Waals surface area contributed by atoms with E-state index in [4.69, 9.17) is 4.74 Å². The van der Waals surface area contributed by atoms with Crippen molar-refractivity contribution in [3.63, 3.8) is 0 Å². The molecule has 0 spiro atoms. The van der Waals surface area contributed by atoms with E-state index in [1.807, 2.05) is 19.1 Å². The SMILES string of the molecule is CCOCCN(C)C(=O)c1ccc(Br)cc1S. The topological polar surface area (TPSA) is 29.5 Å². The Morgan fingerprint density at radius 1 is 1.53 bits per heavy atom. The van der Waals surface area contributed by atoms with Gasteiger partial charge in [-0.25, -0.2) is 0 Å². The maximum absolute atomic E-state index is 12.1. The van der Waals surface area contributed by atoms with E-state index < -0.39 is 0 Å². The zero-order valence-electron chi connectivity index (χ0n) is 9.94. The molecule has 0 saturated carbocycles. The smallest absolute Gasteiger partial charge is 0.254 e. The molecule has 5 heteroatoms. The number of carbonyl (C=O) groups excluding carboxylic acids is 1. The minimum atomic E-state index is -0.0396. The van der Waals surface area contributed by atoms with E-state index in [1.165, 1.54) is 0 Å². The summed E-state index contributed by atoms with van der Waals surface area (Å²) in [5, 5.41) is 0. The summed E-state index contributed by atoms with van der Waals surface area (Å²) in [6, 6.07) is 5.42. The van der Waals surface area contributed by atoms with Gasteiger partial charge in [0.2, 0.25) is 0 Å². The van der Waals surface area contributed by atoms with Gasteiger partial charge in [0.05, 0.1) is 12.2 Å². The summed E-state index contributed by atoms with van der Waals surface area (Å²) in [6.45, 7) is 3.73. The number of benzene rings is 1. The third kappa shape index (κ3) is 4.33. The van der Waals surface area contributed by atoms with Gasteiger partial charge in [0.25, 0.3) is 5.91 Å². The maximum atomic E-state index is 12.1. The minimum absolute atomic E-state index is 0.0396. The van der Waals surface area contributed by atoms with Crippen LogP contribution in [0.15, 0.2) is 27.6 Å². The molecule has 0 unspecified atom stereocenters. The first-order chi connectivity index (χ1) is 8.06. The summed E-state index contributed by atoms with van der Waals surface area (Å²) in [4.78, 5) is 14.4. The highest BCUT2D eigenvalue weighted by molar-refractivity contribution is 9.10. The van der Waals surface area contributed by atoms with Gasteiger partial charge in [-0.3, -0.25) is 4.79 Å².